The van der Waals surface area contributed by atoms with Gasteiger partial charge in [0, 0.05) is 0 Å². The van der Waals surface area contributed by atoms with E-state index in [0.717, 1.165) is 0 Å². The lowest BCUT2D eigenvalue weighted by Crippen LogP contribution is -2.01. The Bertz CT molecular complexity index is 357. The van der Waals surface area contributed by atoms with Crippen LogP contribution in [-0.4, -0.2) is 18.4 Å². The Labute approximate surface area is 87.2 Å². The van der Waals surface area contributed by atoms with Gasteiger partial charge in [0.2, 0.25) is 0 Å². The van der Waals surface area contributed by atoms with Crippen molar-refractivity contribution >= 4 is 22.2 Å². The number of rotatable bonds is 3. The van der Waals surface area contributed by atoms with Crippen LogP contribution in [0.25, 0.3) is 0 Å². The first kappa shape index (κ1) is 11.0. The number of aromatic nitrogens is 1. The van der Waals surface area contributed by atoms with Gasteiger partial charge in [0.25, 0.3) is 6.43 Å². The van der Waals surface area contributed by atoms with Gasteiger partial charge < -0.3 is 4.74 Å². The first-order valence-electron chi connectivity index (χ1n) is 3.58. The molecule has 1 rings (SSSR count). The average molecular weight is 266 g/mol. The van der Waals surface area contributed by atoms with E-state index in [4.69, 9.17) is 0 Å². The maximum absolute atomic E-state index is 12.4. The van der Waals surface area contributed by atoms with Crippen molar-refractivity contribution in [3.8, 4) is 5.75 Å². The fourth-order valence-electron chi connectivity index (χ4n) is 0.998. The number of nitrogens with zero attached hydrogens (tertiary/aromatic N) is 1. The minimum absolute atomic E-state index is 0.0460. The molecule has 0 unspecified atom stereocenters. The number of alkyl halides is 2. The second-order valence-electron chi connectivity index (χ2n) is 2.37. The Balaban J connectivity index is 3.39. The summed E-state index contributed by atoms with van der Waals surface area (Å²) in [5, 5.41) is 0. The molecule has 14 heavy (non-hydrogen) atoms. The fourth-order valence-corrected chi connectivity index (χ4v) is 1.44. The Morgan fingerprint density at radius 1 is 1.64 bits per heavy atom. The molecule has 6 heteroatoms. The number of carbonyl (C=O) groups is 1. The van der Waals surface area contributed by atoms with Crippen molar-refractivity contribution in [3.05, 3.63) is 21.9 Å². The Morgan fingerprint density at radius 3 is 2.71 bits per heavy atom. The molecule has 0 atom stereocenters. The number of methoxy groups -OCH3 is 1. The highest BCUT2D eigenvalue weighted by Gasteiger charge is 2.19. The molecule has 0 aliphatic rings. The molecule has 0 saturated heterocycles. The standard InChI is InChI=1S/C8H6BrF2NO2/c1-14-7-4(3-13)2-5(9)12-6(7)8(10)11/h2-3,8H,1H3. The SMILES string of the molecule is COc1c(C=O)cc(Br)nc1C(F)F. The van der Waals surface area contributed by atoms with Gasteiger partial charge in [0.05, 0.1) is 12.7 Å². The summed E-state index contributed by atoms with van der Waals surface area (Å²) in [5.41, 5.74) is -0.492. The third-order valence-electron chi connectivity index (χ3n) is 1.53. The van der Waals surface area contributed by atoms with Gasteiger partial charge in [-0.2, -0.15) is 0 Å². The predicted octanol–water partition coefficient (Wildman–Crippen LogP) is 2.60. The molecule has 0 aliphatic carbocycles. The number of carbonyl (C=O) groups excluding carboxylic acids is 1. The Hall–Kier alpha value is -1.04. The molecule has 0 spiro atoms. The second kappa shape index (κ2) is 4.45. The molecule has 0 aliphatic heterocycles. The van der Waals surface area contributed by atoms with Crippen molar-refractivity contribution < 1.29 is 18.3 Å². The molecule has 0 bridgehead atoms. The van der Waals surface area contributed by atoms with E-state index in [1.807, 2.05) is 0 Å². The summed E-state index contributed by atoms with van der Waals surface area (Å²) >= 11 is 2.93. The second-order valence-corrected chi connectivity index (χ2v) is 3.18. The van der Waals surface area contributed by atoms with Gasteiger partial charge in [-0.1, -0.05) is 0 Å². The molecular weight excluding hydrogens is 260 g/mol. The first-order chi connectivity index (χ1) is 6.60. The first-order valence-corrected chi connectivity index (χ1v) is 4.37. The van der Waals surface area contributed by atoms with Crippen LogP contribution in [0.2, 0.25) is 0 Å². The maximum Gasteiger partial charge on any atom is 0.284 e. The van der Waals surface area contributed by atoms with Gasteiger partial charge in [0.15, 0.2) is 17.7 Å². The molecule has 1 heterocycles. The molecule has 0 radical (unpaired) electrons. The molecule has 0 N–H and O–H groups in total. The van der Waals surface area contributed by atoms with E-state index in [1.54, 1.807) is 0 Å². The summed E-state index contributed by atoms with van der Waals surface area (Å²) in [6.07, 6.45) is -2.34. The lowest BCUT2D eigenvalue weighted by Gasteiger charge is -2.09. The minimum Gasteiger partial charge on any atom is -0.494 e. The molecule has 0 aromatic carbocycles. The van der Waals surface area contributed by atoms with Crippen LogP contribution in [0.1, 0.15) is 22.5 Å². The van der Waals surface area contributed by atoms with E-state index < -0.39 is 12.1 Å². The van der Waals surface area contributed by atoms with Gasteiger partial charge >= 0.3 is 0 Å². The van der Waals surface area contributed by atoms with E-state index in [1.165, 1.54) is 13.2 Å². The van der Waals surface area contributed by atoms with E-state index in [9.17, 15) is 13.6 Å². The topological polar surface area (TPSA) is 39.2 Å². The monoisotopic (exact) mass is 265 g/mol. The smallest absolute Gasteiger partial charge is 0.284 e. The fraction of sp³-hybridized carbons (Fsp3) is 0.250. The largest absolute Gasteiger partial charge is 0.494 e. The molecule has 3 nitrogen and oxygen atoms in total. The van der Waals surface area contributed by atoms with Gasteiger partial charge in [-0.05, 0) is 22.0 Å². The lowest BCUT2D eigenvalue weighted by molar-refractivity contribution is 0.111. The molecule has 76 valence electrons. The van der Waals surface area contributed by atoms with Gasteiger partial charge in [0.1, 0.15) is 4.60 Å². The quantitative estimate of drug-likeness (QED) is 0.623. The maximum atomic E-state index is 12.4. The highest BCUT2D eigenvalue weighted by Crippen LogP contribution is 2.31. The number of hydrogen-bond acceptors (Lipinski definition) is 3. The molecular formula is C8H6BrF2NO2. The Morgan fingerprint density at radius 2 is 2.29 bits per heavy atom. The summed E-state index contributed by atoms with van der Waals surface area (Å²) in [6.45, 7) is 0. The summed E-state index contributed by atoms with van der Waals surface area (Å²) in [4.78, 5) is 14.1. The number of halogens is 3. The van der Waals surface area contributed by atoms with Crippen LogP contribution < -0.4 is 4.74 Å². The van der Waals surface area contributed by atoms with Crippen LogP contribution in [0.3, 0.4) is 0 Å². The molecule has 1 aromatic heterocycles. The van der Waals surface area contributed by atoms with Crippen molar-refractivity contribution in [2.24, 2.45) is 0 Å². The van der Waals surface area contributed by atoms with Gasteiger partial charge in [-0.25, -0.2) is 13.8 Å². The predicted molar refractivity (Wildman–Crippen MR) is 48.8 cm³/mol. The van der Waals surface area contributed by atoms with E-state index >= 15 is 0 Å². The average Bonchev–Trinajstić information content (AvgIpc) is 2.16. The third kappa shape index (κ3) is 2.06. The van der Waals surface area contributed by atoms with E-state index in [-0.39, 0.29) is 15.9 Å². The summed E-state index contributed by atoms with van der Waals surface area (Å²) in [6, 6.07) is 1.32. The minimum atomic E-state index is -2.78. The Kier molecular flexibility index (Phi) is 3.51. The van der Waals surface area contributed by atoms with Crippen molar-refractivity contribution in [2.75, 3.05) is 7.11 Å². The van der Waals surface area contributed by atoms with E-state index in [2.05, 4.69) is 25.7 Å². The zero-order valence-electron chi connectivity index (χ0n) is 7.13. The lowest BCUT2D eigenvalue weighted by atomic mass is 10.2. The number of hydrogen-bond donors (Lipinski definition) is 0. The van der Waals surface area contributed by atoms with Crippen LogP contribution >= 0.6 is 15.9 Å². The van der Waals surface area contributed by atoms with Crippen molar-refractivity contribution in [3.63, 3.8) is 0 Å². The number of pyridine rings is 1. The van der Waals surface area contributed by atoms with E-state index in [0.29, 0.717) is 6.29 Å². The van der Waals surface area contributed by atoms with Crippen LogP contribution in [0, 0.1) is 0 Å². The van der Waals surface area contributed by atoms with Gasteiger partial charge in [-0.15, -0.1) is 0 Å². The molecule has 0 fully saturated rings. The van der Waals surface area contributed by atoms with Crippen LogP contribution in [0.5, 0.6) is 5.75 Å². The van der Waals surface area contributed by atoms with Crippen molar-refractivity contribution in [2.45, 2.75) is 6.43 Å². The normalized spacial score (nSPS) is 10.4. The van der Waals surface area contributed by atoms with Crippen molar-refractivity contribution in [1.29, 1.82) is 0 Å². The van der Waals surface area contributed by atoms with Crippen LogP contribution in [-0.2, 0) is 0 Å². The molecule has 0 saturated carbocycles. The zero-order chi connectivity index (χ0) is 10.7. The molecule has 1 aromatic rings. The van der Waals surface area contributed by atoms with Crippen molar-refractivity contribution in [1.82, 2.24) is 4.98 Å². The summed E-state index contributed by atoms with van der Waals surface area (Å²) in [7, 11) is 1.21. The zero-order valence-corrected chi connectivity index (χ0v) is 8.72. The number of ether oxygens (including phenoxy) is 1. The molecule has 0 amide bonds. The summed E-state index contributed by atoms with van der Waals surface area (Å²) in [5.74, 6) is -0.182. The van der Waals surface area contributed by atoms with Crippen LogP contribution in [0.4, 0.5) is 8.78 Å². The van der Waals surface area contributed by atoms with Crippen LogP contribution in [0.15, 0.2) is 10.7 Å². The highest BCUT2D eigenvalue weighted by atomic mass is 79.9. The number of aldehydes is 1. The van der Waals surface area contributed by atoms with Gasteiger partial charge in [-0.3, -0.25) is 4.79 Å². The highest BCUT2D eigenvalue weighted by molar-refractivity contribution is 9.10. The third-order valence-corrected chi connectivity index (χ3v) is 1.94. The summed E-state index contributed by atoms with van der Waals surface area (Å²) < 4.78 is 29.7.